The number of rotatable bonds is 11. The van der Waals surface area contributed by atoms with E-state index in [-0.39, 0.29) is 18.6 Å². The van der Waals surface area contributed by atoms with E-state index in [1.165, 1.54) is 11.3 Å². The molecule has 2 atom stereocenters. The number of unbranched alkanes of at least 4 members (excludes halogenated alkanes) is 1. The number of ether oxygens (including phenoxy) is 1. The molecule has 1 aliphatic heterocycles. The Morgan fingerprint density at radius 2 is 2.22 bits per heavy atom. The van der Waals surface area contributed by atoms with Crippen LogP contribution in [0.5, 0.6) is 0 Å². The number of benzene rings is 1. The minimum absolute atomic E-state index is 0.0857. The van der Waals surface area contributed by atoms with Crippen LogP contribution in [0.1, 0.15) is 38.7 Å². The molecule has 2 aromatic rings. The molecule has 2 unspecified atom stereocenters. The van der Waals surface area contributed by atoms with Crippen molar-refractivity contribution in [2.24, 2.45) is 0 Å². The molecule has 0 radical (unpaired) electrons. The average Bonchev–Trinajstić information content (AvgIpc) is 3.24. The SMILES string of the molecule is CCN(CCCCN1CCCOCC1=O)C(C)Cc1ccc(-c2nccs2)cc1S(=O)[O-]. The van der Waals surface area contributed by atoms with Crippen molar-refractivity contribution in [3.8, 4) is 10.6 Å². The average molecular weight is 479 g/mol. The molecule has 0 bridgehead atoms. The highest BCUT2D eigenvalue weighted by atomic mass is 32.2. The summed E-state index contributed by atoms with van der Waals surface area (Å²) in [5.41, 5.74) is 1.66. The van der Waals surface area contributed by atoms with Crippen molar-refractivity contribution in [3.05, 3.63) is 35.3 Å². The number of likely N-dealkylation sites (N-methyl/N-ethyl adjacent to an activating group) is 1. The van der Waals surface area contributed by atoms with Crippen molar-refractivity contribution >= 4 is 28.3 Å². The maximum absolute atomic E-state index is 12.0. The summed E-state index contributed by atoms with van der Waals surface area (Å²) in [6.45, 7) is 8.49. The molecular formula is C23H32N3O4S2-. The van der Waals surface area contributed by atoms with E-state index in [1.54, 1.807) is 12.3 Å². The van der Waals surface area contributed by atoms with Gasteiger partial charge in [-0.3, -0.25) is 9.00 Å². The van der Waals surface area contributed by atoms with E-state index in [1.807, 2.05) is 22.4 Å². The largest absolute Gasteiger partial charge is 0.768 e. The molecule has 7 nitrogen and oxygen atoms in total. The molecule has 2 heterocycles. The van der Waals surface area contributed by atoms with Crippen LogP contribution in [0.3, 0.4) is 0 Å². The van der Waals surface area contributed by atoms with E-state index < -0.39 is 11.1 Å². The molecule has 176 valence electrons. The van der Waals surface area contributed by atoms with Gasteiger partial charge in [0.15, 0.2) is 0 Å². The highest BCUT2D eigenvalue weighted by molar-refractivity contribution is 7.79. The smallest absolute Gasteiger partial charge is 0.248 e. The lowest BCUT2D eigenvalue weighted by atomic mass is 10.0. The van der Waals surface area contributed by atoms with Gasteiger partial charge in [0.1, 0.15) is 11.6 Å². The summed E-state index contributed by atoms with van der Waals surface area (Å²) in [5.74, 6) is 0.0857. The van der Waals surface area contributed by atoms with E-state index >= 15 is 0 Å². The standard InChI is InChI=1S/C23H33N3O4S2/c1-3-25(10-4-5-11-26-12-6-13-30-17-22(26)27)18(2)15-19-7-8-20(16-21(19)32(28)29)23-24-9-14-31-23/h7-9,14,16,18H,3-6,10-13,15,17H2,1-2H3,(H,28,29)/p-1. The summed E-state index contributed by atoms with van der Waals surface area (Å²) in [4.78, 5) is 20.9. The maximum atomic E-state index is 12.0. The first-order chi connectivity index (χ1) is 15.5. The fourth-order valence-electron chi connectivity index (χ4n) is 4.10. The predicted octanol–water partition coefficient (Wildman–Crippen LogP) is 3.33. The summed E-state index contributed by atoms with van der Waals surface area (Å²) in [6.07, 6.45) is 5.23. The summed E-state index contributed by atoms with van der Waals surface area (Å²) in [7, 11) is 0. The fraction of sp³-hybridized carbons (Fsp3) is 0.565. The Bertz CT molecular complexity index is 891. The maximum Gasteiger partial charge on any atom is 0.248 e. The third-order valence-electron chi connectivity index (χ3n) is 5.89. The Balaban J connectivity index is 1.55. The molecule has 1 aliphatic rings. The highest BCUT2D eigenvalue weighted by Gasteiger charge is 2.18. The first-order valence-corrected chi connectivity index (χ1v) is 13.2. The van der Waals surface area contributed by atoms with E-state index in [0.29, 0.717) is 17.9 Å². The van der Waals surface area contributed by atoms with E-state index in [4.69, 9.17) is 4.74 Å². The third-order valence-corrected chi connectivity index (χ3v) is 7.45. The van der Waals surface area contributed by atoms with Gasteiger partial charge in [0.05, 0.1) is 0 Å². The molecule has 1 fully saturated rings. The lowest BCUT2D eigenvalue weighted by Gasteiger charge is -2.29. The van der Waals surface area contributed by atoms with Crippen molar-refractivity contribution in [1.82, 2.24) is 14.8 Å². The summed E-state index contributed by atoms with van der Waals surface area (Å²) in [6, 6.07) is 5.80. The van der Waals surface area contributed by atoms with Gasteiger partial charge in [0.25, 0.3) is 0 Å². The van der Waals surface area contributed by atoms with Gasteiger partial charge in [-0.2, -0.15) is 0 Å². The van der Waals surface area contributed by atoms with Crippen molar-refractivity contribution in [1.29, 1.82) is 0 Å². The minimum atomic E-state index is -2.30. The van der Waals surface area contributed by atoms with Gasteiger partial charge in [0, 0.05) is 47.8 Å². The zero-order valence-electron chi connectivity index (χ0n) is 18.8. The topological polar surface area (TPSA) is 85.8 Å². The van der Waals surface area contributed by atoms with E-state index in [9.17, 15) is 13.6 Å². The Morgan fingerprint density at radius 1 is 1.38 bits per heavy atom. The number of nitrogens with zero attached hydrogens (tertiary/aromatic N) is 3. The summed E-state index contributed by atoms with van der Waals surface area (Å²) in [5, 5.41) is 2.70. The zero-order chi connectivity index (χ0) is 22.9. The number of carbonyl (C=O) groups excluding carboxylic acids is 1. The van der Waals surface area contributed by atoms with Crippen LogP contribution in [0.25, 0.3) is 10.6 Å². The van der Waals surface area contributed by atoms with Gasteiger partial charge in [-0.05, 0) is 68.4 Å². The number of hydrogen-bond acceptors (Lipinski definition) is 7. The molecule has 1 aromatic carbocycles. The second-order valence-corrected chi connectivity index (χ2v) is 9.87. The molecule has 1 saturated heterocycles. The molecular weight excluding hydrogens is 446 g/mol. The predicted molar refractivity (Wildman–Crippen MR) is 126 cm³/mol. The molecule has 0 spiro atoms. The molecule has 32 heavy (non-hydrogen) atoms. The van der Waals surface area contributed by atoms with Crippen LogP contribution in [0.2, 0.25) is 0 Å². The van der Waals surface area contributed by atoms with Crippen molar-refractivity contribution < 1.29 is 18.3 Å². The second-order valence-electron chi connectivity index (χ2n) is 8.07. The summed E-state index contributed by atoms with van der Waals surface area (Å²) >= 11 is -0.802. The molecule has 1 aromatic heterocycles. The van der Waals surface area contributed by atoms with E-state index in [2.05, 4.69) is 23.7 Å². The Kier molecular flexibility index (Phi) is 9.80. The van der Waals surface area contributed by atoms with Crippen molar-refractivity contribution in [2.75, 3.05) is 39.4 Å². The Hall–Kier alpha value is -1.65. The monoisotopic (exact) mass is 478 g/mol. The lowest BCUT2D eigenvalue weighted by Crippen LogP contribution is -2.37. The number of hydrogen-bond donors (Lipinski definition) is 0. The van der Waals surface area contributed by atoms with Gasteiger partial charge < -0.3 is 19.1 Å². The minimum Gasteiger partial charge on any atom is -0.768 e. The van der Waals surface area contributed by atoms with E-state index in [0.717, 1.165) is 61.6 Å². The zero-order valence-corrected chi connectivity index (χ0v) is 20.5. The third kappa shape index (κ3) is 6.92. The van der Waals surface area contributed by atoms with Crippen LogP contribution < -0.4 is 0 Å². The van der Waals surface area contributed by atoms with Crippen LogP contribution in [0, 0.1) is 0 Å². The number of aromatic nitrogens is 1. The summed E-state index contributed by atoms with van der Waals surface area (Å²) < 4.78 is 29.1. The number of thiazole rings is 1. The van der Waals surface area contributed by atoms with Crippen LogP contribution in [0.15, 0.2) is 34.7 Å². The fourth-order valence-corrected chi connectivity index (χ4v) is 5.33. The molecule has 0 saturated carbocycles. The number of carbonyl (C=O) groups is 1. The van der Waals surface area contributed by atoms with Gasteiger partial charge in [0.2, 0.25) is 5.91 Å². The van der Waals surface area contributed by atoms with Crippen molar-refractivity contribution in [3.63, 3.8) is 0 Å². The quantitative estimate of drug-likeness (QED) is 0.364. The first-order valence-electron chi connectivity index (χ1n) is 11.2. The highest BCUT2D eigenvalue weighted by Crippen LogP contribution is 2.27. The van der Waals surface area contributed by atoms with Gasteiger partial charge in [-0.1, -0.05) is 19.1 Å². The van der Waals surface area contributed by atoms with Gasteiger partial charge in [-0.25, -0.2) is 4.98 Å². The number of amides is 1. The lowest BCUT2D eigenvalue weighted by molar-refractivity contribution is -0.133. The van der Waals surface area contributed by atoms with Crippen LogP contribution in [-0.4, -0.2) is 74.9 Å². The molecule has 9 heteroatoms. The Morgan fingerprint density at radius 3 is 2.94 bits per heavy atom. The van der Waals surface area contributed by atoms with Gasteiger partial charge >= 0.3 is 0 Å². The second kappa shape index (κ2) is 12.6. The normalized spacial score (nSPS) is 16.9. The molecule has 0 aliphatic carbocycles. The van der Waals surface area contributed by atoms with Gasteiger partial charge in [-0.15, -0.1) is 11.3 Å². The van der Waals surface area contributed by atoms with Crippen molar-refractivity contribution in [2.45, 2.75) is 50.5 Å². The molecule has 0 N–H and O–H groups in total. The molecule has 1 amide bonds. The first kappa shape index (κ1) is 25.0. The van der Waals surface area contributed by atoms with Crippen LogP contribution >= 0.6 is 11.3 Å². The molecule has 3 rings (SSSR count). The van der Waals surface area contributed by atoms with Crippen LogP contribution in [0.4, 0.5) is 0 Å². The Labute approximate surface area is 197 Å². The van der Waals surface area contributed by atoms with Crippen LogP contribution in [-0.2, 0) is 27.0 Å².